The molecule has 0 amide bonds. The molecule has 0 fully saturated rings. The fourth-order valence-electron chi connectivity index (χ4n) is 0. The Morgan fingerprint density at radius 3 is 0.375 bits per heavy atom. The second-order valence-electron chi connectivity index (χ2n) is 0. The fraction of sp³-hybridized carbons (Fsp3) is 0. The summed E-state index contributed by atoms with van der Waals surface area (Å²) in [7, 11) is 0. The van der Waals surface area contributed by atoms with Gasteiger partial charge >= 0.3 is 72.3 Å². The Labute approximate surface area is 96.1 Å². The summed E-state index contributed by atoms with van der Waals surface area (Å²) < 4.78 is 0. The van der Waals surface area contributed by atoms with Crippen molar-refractivity contribution in [2.75, 3.05) is 0 Å². The summed E-state index contributed by atoms with van der Waals surface area (Å²) in [4.78, 5) is 0. The van der Waals surface area contributed by atoms with Crippen LogP contribution in [-0.4, -0.2) is 0 Å². The van der Waals surface area contributed by atoms with Gasteiger partial charge in [-0.15, -0.1) is 0 Å². The quantitative estimate of drug-likeness (QED) is 0.586. The molecule has 0 saturated carbocycles. The maximum Gasteiger partial charge on any atom is 6.00 e. The van der Waals surface area contributed by atoms with Gasteiger partial charge in [0.05, 0.1) is 0 Å². The molecular weight excluding hydrogens is 343 g/mol. The van der Waals surface area contributed by atoms with E-state index in [4.69, 9.17) is 0 Å². The SMILES string of the molecule is [Cu+2].[Cu+2].[Cu+2].[Mo+6].[N-3].[N-3].[N-3].[N-3]. The van der Waals surface area contributed by atoms with E-state index in [0.717, 1.165) is 0 Å². The fourth-order valence-corrected chi connectivity index (χ4v) is 0. The summed E-state index contributed by atoms with van der Waals surface area (Å²) in [5.74, 6) is 0. The number of hydrogen-bond acceptors (Lipinski definition) is 0. The van der Waals surface area contributed by atoms with Crippen LogP contribution in [0.1, 0.15) is 0 Å². The van der Waals surface area contributed by atoms with Crippen molar-refractivity contribution in [2.45, 2.75) is 0 Å². The van der Waals surface area contributed by atoms with Gasteiger partial charge in [0.1, 0.15) is 0 Å². The van der Waals surface area contributed by atoms with E-state index in [-0.39, 0.29) is 96.9 Å². The van der Waals surface area contributed by atoms with E-state index in [0.29, 0.717) is 0 Å². The van der Waals surface area contributed by atoms with E-state index in [1.807, 2.05) is 0 Å². The average molecular weight is 343 g/mol. The van der Waals surface area contributed by atoms with Crippen LogP contribution in [0, 0.1) is 0 Å². The second-order valence-corrected chi connectivity index (χ2v) is 0. The van der Waals surface area contributed by atoms with Crippen LogP contribution in [0.4, 0.5) is 0 Å². The van der Waals surface area contributed by atoms with E-state index >= 15 is 0 Å². The predicted octanol–water partition coefficient (Wildman–Crippen LogP) is 1.14. The van der Waals surface area contributed by atoms with Crippen LogP contribution in [-0.2, 0) is 72.3 Å². The number of rotatable bonds is 0. The molecule has 0 rings (SSSR count). The molecule has 0 aliphatic heterocycles. The molecule has 0 bridgehead atoms. The van der Waals surface area contributed by atoms with E-state index in [1.54, 1.807) is 0 Å². The largest absolute Gasteiger partial charge is 6.00 e. The van der Waals surface area contributed by atoms with Gasteiger partial charge in [-0.1, -0.05) is 0 Å². The minimum Gasteiger partial charge on any atom is -3.00 e. The number of hydrogen-bond donors (Lipinski definition) is 0. The molecule has 0 aliphatic rings. The molecule has 8 heteroatoms. The van der Waals surface area contributed by atoms with Gasteiger partial charge in [0.15, 0.2) is 0 Å². The molecule has 8 heavy (non-hydrogen) atoms. The first kappa shape index (κ1) is 191. The van der Waals surface area contributed by atoms with Crippen molar-refractivity contribution in [1.82, 2.24) is 0 Å². The maximum absolute atomic E-state index is 0. The second kappa shape index (κ2) is 136. The molecule has 0 aromatic heterocycles. The summed E-state index contributed by atoms with van der Waals surface area (Å²) in [5.41, 5.74) is 0. The van der Waals surface area contributed by atoms with E-state index in [9.17, 15) is 0 Å². The molecule has 0 spiro atoms. The molecule has 0 aromatic rings. The van der Waals surface area contributed by atoms with Gasteiger partial charge in [0, 0.05) is 0 Å². The Kier molecular flexibility index (Phi) is 3260. The summed E-state index contributed by atoms with van der Waals surface area (Å²) in [6.07, 6.45) is 0. The van der Waals surface area contributed by atoms with Gasteiger partial charge in [-0.3, -0.25) is 0 Å². The first-order valence-corrected chi connectivity index (χ1v) is 0. The van der Waals surface area contributed by atoms with Crippen LogP contribution in [0.3, 0.4) is 0 Å². The van der Waals surface area contributed by atoms with Crippen LogP contribution in [0.2, 0.25) is 0 Å². The topological polar surface area (TPSA) is 122 Å². The molecule has 3 radical (unpaired) electrons. The summed E-state index contributed by atoms with van der Waals surface area (Å²) in [6, 6.07) is 0. The Hall–Kier alpha value is 2.09. The van der Waals surface area contributed by atoms with E-state index in [1.165, 1.54) is 0 Å². The minimum atomic E-state index is 0. The first-order valence-electron chi connectivity index (χ1n) is 0. The normalized spacial score (nSPS) is 0. The third-order valence-corrected chi connectivity index (χ3v) is 0. The van der Waals surface area contributed by atoms with Crippen LogP contribution in [0.15, 0.2) is 0 Å². The maximum atomic E-state index is 0. The van der Waals surface area contributed by atoms with Crippen LogP contribution < -0.4 is 0 Å². The van der Waals surface area contributed by atoms with Gasteiger partial charge in [-0.05, 0) is 0 Å². The third-order valence-electron chi connectivity index (χ3n) is 0. The zero-order chi connectivity index (χ0) is 0. The standard InChI is InChI=1S/3Cu.Mo.4N/q3*+2;+6;4*-3. The summed E-state index contributed by atoms with van der Waals surface area (Å²) in [6.45, 7) is 0. The number of nitrogens with zero attached hydrogens (tertiary/aromatic N) is 4. The zero-order valence-corrected chi connectivity index (χ0v) is 7.93. The summed E-state index contributed by atoms with van der Waals surface area (Å²) in [5, 5.41) is 0. The summed E-state index contributed by atoms with van der Waals surface area (Å²) >= 11 is 0. The van der Waals surface area contributed by atoms with Gasteiger partial charge < -0.3 is 24.6 Å². The smallest absolute Gasteiger partial charge is 3.00 e. The average Bonchev–Trinajstić information content (AvgIpc) is 0. The van der Waals surface area contributed by atoms with Crippen molar-refractivity contribution in [3.8, 4) is 0 Å². The van der Waals surface area contributed by atoms with Crippen molar-refractivity contribution in [1.29, 1.82) is 0 Å². The van der Waals surface area contributed by atoms with E-state index < -0.39 is 0 Å². The molecule has 4 nitrogen and oxygen atoms in total. The molecule has 0 heterocycles. The van der Waals surface area contributed by atoms with Crippen molar-refractivity contribution in [2.24, 2.45) is 0 Å². The van der Waals surface area contributed by atoms with Crippen molar-refractivity contribution in [3.63, 3.8) is 0 Å². The van der Waals surface area contributed by atoms with Crippen LogP contribution >= 0.6 is 0 Å². The molecular formula is Cu3MoN4. The molecule has 0 N–H and O–H groups in total. The molecule has 0 saturated heterocycles. The van der Waals surface area contributed by atoms with Gasteiger partial charge in [-0.25, -0.2) is 0 Å². The Balaban J connectivity index is 0. The molecule has 0 aliphatic carbocycles. The van der Waals surface area contributed by atoms with Gasteiger partial charge in [-0.2, -0.15) is 0 Å². The Morgan fingerprint density at radius 1 is 0.375 bits per heavy atom. The van der Waals surface area contributed by atoms with Crippen LogP contribution in [0.25, 0.3) is 24.6 Å². The van der Waals surface area contributed by atoms with Crippen molar-refractivity contribution in [3.05, 3.63) is 24.6 Å². The monoisotopic (exact) mass is 343 g/mol. The predicted molar refractivity (Wildman–Crippen MR) is 13.4 cm³/mol. The minimum absolute atomic E-state index is 0. The molecule has 0 unspecified atom stereocenters. The third kappa shape index (κ3) is 93.3. The molecule has 0 atom stereocenters. The van der Waals surface area contributed by atoms with Crippen molar-refractivity contribution < 1.29 is 72.3 Å². The van der Waals surface area contributed by atoms with Crippen molar-refractivity contribution >= 4 is 0 Å². The van der Waals surface area contributed by atoms with Crippen LogP contribution in [0.5, 0.6) is 0 Å². The van der Waals surface area contributed by atoms with Gasteiger partial charge in [0.2, 0.25) is 0 Å². The Bertz CT molecular complexity index is 11.2. The first-order chi connectivity index (χ1) is 0. The molecule has 0 aromatic carbocycles. The Morgan fingerprint density at radius 2 is 0.375 bits per heavy atom. The van der Waals surface area contributed by atoms with Gasteiger partial charge in [0.25, 0.3) is 0 Å². The molecule has 59 valence electrons. The van der Waals surface area contributed by atoms with E-state index in [2.05, 4.69) is 0 Å². The zero-order valence-electron chi connectivity index (χ0n) is 3.10.